The van der Waals surface area contributed by atoms with Crippen LogP contribution in [-0.4, -0.2) is 26.0 Å². The number of halogens is 1. The Labute approximate surface area is 167 Å². The van der Waals surface area contributed by atoms with E-state index >= 15 is 0 Å². The molecule has 0 spiro atoms. The SMILES string of the molecule is COC(C[NH2+]CCC(=O)c1ccc(C)c2ccccc12)c1ccccc1.[Cl-]. The molecule has 1 atom stereocenters. The maximum Gasteiger partial charge on any atom is 0.169 e. The van der Waals surface area contributed by atoms with Gasteiger partial charge in [-0.25, -0.2) is 0 Å². The standard InChI is InChI=1S/C23H25NO2.ClH/c1-17-12-13-21(20-11-7-6-10-19(17)20)22(25)14-15-24-16-23(26-2)18-8-4-3-5-9-18;/h3-13,23-24H,14-16H2,1-2H3;1H. The summed E-state index contributed by atoms with van der Waals surface area (Å²) in [6, 6.07) is 22.3. The summed E-state index contributed by atoms with van der Waals surface area (Å²) in [5, 5.41) is 4.37. The average Bonchev–Trinajstić information content (AvgIpc) is 2.69. The number of fused-ring (bicyclic) bond motifs is 1. The second-order valence-corrected chi connectivity index (χ2v) is 6.60. The smallest absolute Gasteiger partial charge is 0.169 e. The van der Waals surface area contributed by atoms with Gasteiger partial charge in [-0.2, -0.15) is 0 Å². The van der Waals surface area contributed by atoms with Crippen LogP contribution in [-0.2, 0) is 4.74 Å². The van der Waals surface area contributed by atoms with Crippen LogP contribution in [0.3, 0.4) is 0 Å². The van der Waals surface area contributed by atoms with Crippen LogP contribution >= 0.6 is 0 Å². The van der Waals surface area contributed by atoms with E-state index in [0.717, 1.165) is 29.4 Å². The Morgan fingerprint density at radius 1 is 0.963 bits per heavy atom. The predicted molar refractivity (Wildman–Crippen MR) is 105 cm³/mol. The zero-order valence-corrected chi connectivity index (χ0v) is 16.6. The molecule has 0 aliphatic carbocycles. The zero-order chi connectivity index (χ0) is 18.4. The van der Waals surface area contributed by atoms with Crippen molar-refractivity contribution >= 4 is 16.6 Å². The van der Waals surface area contributed by atoms with Gasteiger partial charge in [0, 0.05) is 12.7 Å². The predicted octanol–water partition coefficient (Wildman–Crippen LogP) is 0.676. The molecule has 0 aromatic heterocycles. The summed E-state index contributed by atoms with van der Waals surface area (Å²) in [6.07, 6.45) is 0.574. The molecule has 3 aromatic rings. The number of nitrogens with two attached hydrogens (primary N) is 1. The molecule has 0 aliphatic rings. The fraction of sp³-hybridized carbons (Fsp3) is 0.261. The monoisotopic (exact) mass is 383 g/mol. The first-order chi connectivity index (χ1) is 12.7. The second-order valence-electron chi connectivity index (χ2n) is 6.60. The van der Waals surface area contributed by atoms with E-state index in [1.54, 1.807) is 7.11 Å². The van der Waals surface area contributed by atoms with Crippen LogP contribution in [0.5, 0.6) is 0 Å². The molecule has 0 saturated heterocycles. The van der Waals surface area contributed by atoms with E-state index in [-0.39, 0.29) is 24.3 Å². The van der Waals surface area contributed by atoms with Gasteiger partial charge in [0.05, 0.1) is 13.0 Å². The van der Waals surface area contributed by atoms with Gasteiger partial charge in [0.15, 0.2) is 5.78 Å². The van der Waals surface area contributed by atoms with Crippen LogP contribution in [0.2, 0.25) is 0 Å². The van der Waals surface area contributed by atoms with Crippen LogP contribution < -0.4 is 17.7 Å². The van der Waals surface area contributed by atoms with Crippen molar-refractivity contribution in [2.75, 3.05) is 20.2 Å². The number of rotatable bonds is 8. The highest BCUT2D eigenvalue weighted by atomic mass is 35.5. The summed E-state index contributed by atoms with van der Waals surface area (Å²) in [5.41, 5.74) is 3.20. The van der Waals surface area contributed by atoms with Crippen LogP contribution in [0.1, 0.15) is 34.0 Å². The van der Waals surface area contributed by atoms with Gasteiger partial charge in [-0.05, 0) is 28.8 Å². The first-order valence-corrected chi connectivity index (χ1v) is 9.11. The number of aryl methyl sites for hydroxylation is 1. The lowest BCUT2D eigenvalue weighted by Crippen LogP contribution is -3.00. The van der Waals surface area contributed by atoms with Crippen LogP contribution in [0, 0.1) is 6.92 Å². The topological polar surface area (TPSA) is 42.9 Å². The van der Waals surface area contributed by atoms with Crippen molar-refractivity contribution in [3.8, 4) is 0 Å². The minimum Gasteiger partial charge on any atom is -1.00 e. The van der Waals surface area contributed by atoms with Gasteiger partial charge < -0.3 is 22.5 Å². The fourth-order valence-electron chi connectivity index (χ4n) is 3.37. The van der Waals surface area contributed by atoms with Crippen molar-refractivity contribution in [1.29, 1.82) is 0 Å². The fourth-order valence-corrected chi connectivity index (χ4v) is 3.37. The van der Waals surface area contributed by atoms with Crippen molar-refractivity contribution in [2.45, 2.75) is 19.4 Å². The average molecular weight is 384 g/mol. The molecule has 1 unspecified atom stereocenters. The summed E-state index contributed by atoms with van der Waals surface area (Å²) in [6.45, 7) is 3.65. The van der Waals surface area contributed by atoms with Crippen LogP contribution in [0.15, 0.2) is 66.7 Å². The summed E-state index contributed by atoms with van der Waals surface area (Å²) in [7, 11) is 1.73. The first-order valence-electron chi connectivity index (χ1n) is 9.11. The van der Waals surface area contributed by atoms with Crippen LogP contribution in [0.25, 0.3) is 10.8 Å². The quantitative estimate of drug-likeness (QED) is 0.459. The van der Waals surface area contributed by atoms with Crippen LogP contribution in [0.4, 0.5) is 0 Å². The van der Waals surface area contributed by atoms with Gasteiger partial charge in [-0.1, -0.05) is 66.7 Å². The third-order valence-electron chi connectivity index (χ3n) is 4.85. The normalized spacial score (nSPS) is 11.8. The van der Waals surface area contributed by atoms with Gasteiger partial charge >= 0.3 is 0 Å². The number of ketones is 1. The number of ether oxygens (including phenoxy) is 1. The molecule has 0 saturated carbocycles. The van der Waals surface area contributed by atoms with E-state index < -0.39 is 0 Å². The highest BCUT2D eigenvalue weighted by Gasteiger charge is 2.14. The molecular formula is C23H26ClNO2. The Morgan fingerprint density at radius 3 is 2.33 bits per heavy atom. The number of quaternary nitrogens is 1. The number of methoxy groups -OCH3 is 1. The van der Waals surface area contributed by atoms with Crippen molar-refractivity contribution in [1.82, 2.24) is 0 Å². The molecule has 142 valence electrons. The molecule has 3 rings (SSSR count). The van der Waals surface area contributed by atoms with E-state index in [2.05, 4.69) is 30.4 Å². The Bertz CT molecular complexity index is 880. The summed E-state index contributed by atoms with van der Waals surface area (Å²) in [5.74, 6) is 0.200. The maximum atomic E-state index is 12.7. The lowest BCUT2D eigenvalue weighted by molar-refractivity contribution is -0.661. The van der Waals surface area contributed by atoms with Gasteiger partial charge in [-0.15, -0.1) is 0 Å². The van der Waals surface area contributed by atoms with Crippen molar-refractivity contribution in [3.05, 3.63) is 83.4 Å². The minimum atomic E-state index is 0. The highest BCUT2D eigenvalue weighted by molar-refractivity contribution is 6.08. The molecule has 2 N–H and O–H groups in total. The molecule has 3 aromatic carbocycles. The van der Waals surface area contributed by atoms with E-state index in [1.807, 2.05) is 48.5 Å². The largest absolute Gasteiger partial charge is 1.00 e. The summed E-state index contributed by atoms with van der Waals surface area (Å²) in [4.78, 5) is 12.7. The summed E-state index contributed by atoms with van der Waals surface area (Å²) >= 11 is 0. The van der Waals surface area contributed by atoms with Gasteiger partial charge in [0.25, 0.3) is 0 Å². The highest BCUT2D eigenvalue weighted by Crippen LogP contribution is 2.23. The third kappa shape index (κ3) is 5.16. The van der Waals surface area contributed by atoms with Crippen molar-refractivity contribution in [2.24, 2.45) is 0 Å². The maximum absolute atomic E-state index is 12.7. The Kier molecular flexibility index (Phi) is 7.99. The molecule has 0 radical (unpaired) electrons. The molecule has 0 aliphatic heterocycles. The van der Waals surface area contributed by atoms with E-state index in [0.29, 0.717) is 6.42 Å². The van der Waals surface area contributed by atoms with E-state index in [4.69, 9.17) is 4.74 Å². The van der Waals surface area contributed by atoms with Crippen molar-refractivity contribution in [3.63, 3.8) is 0 Å². The van der Waals surface area contributed by atoms with Gasteiger partial charge in [0.2, 0.25) is 0 Å². The Hall–Kier alpha value is -2.20. The third-order valence-corrected chi connectivity index (χ3v) is 4.85. The number of hydrogen-bond donors (Lipinski definition) is 1. The molecule has 4 heteroatoms. The van der Waals surface area contributed by atoms with E-state index in [9.17, 15) is 4.79 Å². The molecule has 3 nitrogen and oxygen atoms in total. The Balaban J connectivity index is 0.00000261. The molecular weight excluding hydrogens is 358 g/mol. The summed E-state index contributed by atoms with van der Waals surface area (Å²) < 4.78 is 5.58. The number of hydrogen-bond acceptors (Lipinski definition) is 2. The van der Waals surface area contributed by atoms with Gasteiger partial charge in [0.1, 0.15) is 12.6 Å². The molecule has 0 bridgehead atoms. The minimum absolute atomic E-state index is 0. The van der Waals surface area contributed by atoms with Gasteiger partial charge in [-0.3, -0.25) is 4.79 Å². The van der Waals surface area contributed by atoms with E-state index in [1.165, 1.54) is 11.1 Å². The number of carbonyl (C=O) groups is 1. The first kappa shape index (κ1) is 21.1. The number of benzene rings is 3. The van der Waals surface area contributed by atoms with Crippen molar-refractivity contribution < 1.29 is 27.3 Å². The molecule has 27 heavy (non-hydrogen) atoms. The number of carbonyl (C=O) groups excluding carboxylic acids is 1. The zero-order valence-electron chi connectivity index (χ0n) is 15.8. The lowest BCUT2D eigenvalue weighted by Gasteiger charge is -2.14. The number of Topliss-reactive ketones (excluding diaryl/α,β-unsaturated/α-hetero) is 1. The molecule has 0 fully saturated rings. The Morgan fingerprint density at radius 2 is 1.63 bits per heavy atom. The lowest BCUT2D eigenvalue weighted by atomic mass is 9.97. The second kappa shape index (κ2) is 10.2. The molecule has 0 amide bonds. The molecule has 0 heterocycles.